The zero-order chi connectivity index (χ0) is 37.6. The first kappa shape index (κ1) is 39.8. The SMILES string of the molecule is C=CCNCCN(C)C.CC(C)(C)OC(=O)c1ccc(C2=CCC3(C)C(CCC4(C)C3CCC3[C@H]5CCCC5(C(=O)O)CC[C@]34C)C2(C)C)cc1. The molecule has 51 heavy (non-hydrogen) atoms. The van der Waals surface area contributed by atoms with Crippen LogP contribution in [0.3, 0.4) is 0 Å². The summed E-state index contributed by atoms with van der Waals surface area (Å²) >= 11 is 0. The first-order valence-electron chi connectivity index (χ1n) is 20.0. The molecule has 2 N–H and O–H groups in total. The second-order valence-corrected chi connectivity index (χ2v) is 19.5. The minimum Gasteiger partial charge on any atom is -0.481 e. The Morgan fingerprint density at radius 3 is 2.22 bits per heavy atom. The highest BCUT2D eigenvalue weighted by molar-refractivity contribution is 5.90. The van der Waals surface area contributed by atoms with Crippen LogP contribution >= 0.6 is 0 Å². The lowest BCUT2D eigenvalue weighted by Gasteiger charge is -2.72. The number of ether oxygens (including phenoxy) is 1. The molecule has 6 nitrogen and oxygen atoms in total. The molecule has 0 amide bonds. The summed E-state index contributed by atoms with van der Waals surface area (Å²) in [5.74, 6) is 1.35. The first-order valence-corrected chi connectivity index (χ1v) is 20.0. The zero-order valence-corrected chi connectivity index (χ0v) is 33.8. The summed E-state index contributed by atoms with van der Waals surface area (Å²) in [6.45, 7) is 25.1. The van der Waals surface area contributed by atoms with E-state index in [2.05, 4.69) is 83.7 Å². The van der Waals surface area contributed by atoms with Crippen LogP contribution in [0.1, 0.15) is 136 Å². The van der Waals surface area contributed by atoms with E-state index >= 15 is 0 Å². The molecule has 0 heterocycles. The number of benzene rings is 1. The van der Waals surface area contributed by atoms with Crippen LogP contribution in [-0.4, -0.2) is 61.3 Å². The minimum absolute atomic E-state index is 0.0238. The van der Waals surface area contributed by atoms with E-state index in [0.29, 0.717) is 29.2 Å². The van der Waals surface area contributed by atoms with Crippen LogP contribution in [0.2, 0.25) is 0 Å². The molecule has 0 aromatic heterocycles. The molecule has 6 unspecified atom stereocenters. The Kier molecular flexibility index (Phi) is 11.2. The van der Waals surface area contributed by atoms with Gasteiger partial charge in [0.15, 0.2) is 0 Å². The van der Waals surface area contributed by atoms with E-state index < -0.39 is 17.0 Å². The number of aliphatic carboxylic acids is 1. The van der Waals surface area contributed by atoms with Crippen molar-refractivity contribution in [3.05, 3.63) is 54.1 Å². The quantitative estimate of drug-likeness (QED) is 0.160. The van der Waals surface area contributed by atoms with Crippen molar-refractivity contribution < 1.29 is 19.4 Å². The molecule has 0 radical (unpaired) electrons. The molecule has 4 saturated carbocycles. The fourth-order valence-electron chi connectivity index (χ4n) is 12.7. The molecule has 0 spiro atoms. The summed E-state index contributed by atoms with van der Waals surface area (Å²) in [4.78, 5) is 27.4. The van der Waals surface area contributed by atoms with Crippen LogP contribution in [0.5, 0.6) is 0 Å². The third-order valence-electron chi connectivity index (χ3n) is 15.2. The van der Waals surface area contributed by atoms with Gasteiger partial charge in [-0.1, -0.05) is 65.3 Å². The van der Waals surface area contributed by atoms with Gasteiger partial charge in [0.05, 0.1) is 11.0 Å². The van der Waals surface area contributed by atoms with Gasteiger partial charge < -0.3 is 20.1 Å². The van der Waals surface area contributed by atoms with Crippen molar-refractivity contribution in [1.82, 2.24) is 10.2 Å². The largest absolute Gasteiger partial charge is 0.481 e. The Labute approximate surface area is 310 Å². The first-order chi connectivity index (χ1) is 23.8. The number of rotatable bonds is 8. The number of likely N-dealkylation sites (N-methyl/N-ethyl adjacent to an activating group) is 1. The fourth-order valence-corrected chi connectivity index (χ4v) is 12.7. The maximum atomic E-state index is 12.6. The van der Waals surface area contributed by atoms with Gasteiger partial charge in [-0.15, -0.1) is 6.58 Å². The number of carboxylic acids is 1. The Morgan fingerprint density at radius 2 is 1.61 bits per heavy atom. The number of nitrogens with one attached hydrogen (secondary N) is 1. The summed E-state index contributed by atoms with van der Waals surface area (Å²) in [5, 5.41) is 13.6. The van der Waals surface area contributed by atoms with E-state index in [9.17, 15) is 14.7 Å². The summed E-state index contributed by atoms with van der Waals surface area (Å²) < 4.78 is 5.60. The fraction of sp³-hybridized carbons (Fsp3) is 0.733. The number of hydrogen-bond acceptors (Lipinski definition) is 5. The Bertz CT molecular complexity index is 1470. The standard InChI is InChI=1S/C38H54O4.C7H16N2/c1-33(2,3)42-31(39)25-13-11-24(12-14-25)26-17-20-35(6)29(34(26,4)5)18-21-37(8)30(35)16-15-27-28-10-9-19-38(28,32(40)41)23-22-36(27,37)7;1-4-5-8-6-7-9(2)3/h11-14,17,27-30H,9-10,15-16,18-23H2,1-8H3,(H,40,41);4,8H,1,5-7H2,2-3H3/t27?,28-,29?,30?,35?,36-,37?,38?;/m1./s1. The minimum atomic E-state index is -0.513. The zero-order valence-electron chi connectivity index (χ0n) is 33.8. The molecule has 5 aliphatic rings. The Morgan fingerprint density at radius 1 is 0.922 bits per heavy atom. The van der Waals surface area contributed by atoms with Gasteiger partial charge in [0.2, 0.25) is 0 Å². The van der Waals surface area contributed by atoms with Gasteiger partial charge >= 0.3 is 11.9 Å². The topological polar surface area (TPSA) is 78.9 Å². The summed E-state index contributed by atoms with van der Waals surface area (Å²) in [5.41, 5.74) is 2.97. The molecule has 4 fully saturated rings. The van der Waals surface area contributed by atoms with Crippen LogP contribution in [0.15, 0.2) is 43.0 Å². The highest BCUT2D eigenvalue weighted by Crippen LogP contribution is 2.77. The molecule has 6 rings (SSSR count). The van der Waals surface area contributed by atoms with Crippen LogP contribution in [0.25, 0.3) is 5.57 Å². The van der Waals surface area contributed by atoms with E-state index in [1.165, 1.54) is 36.8 Å². The van der Waals surface area contributed by atoms with Crippen LogP contribution < -0.4 is 5.32 Å². The molecular formula is C45H70N2O4. The van der Waals surface area contributed by atoms with Crippen molar-refractivity contribution in [3.63, 3.8) is 0 Å². The number of carbonyl (C=O) groups is 2. The number of hydrogen-bond donors (Lipinski definition) is 2. The average Bonchev–Trinajstić information content (AvgIpc) is 3.49. The molecule has 1 aromatic rings. The average molecular weight is 703 g/mol. The highest BCUT2D eigenvalue weighted by Gasteiger charge is 2.70. The van der Waals surface area contributed by atoms with E-state index in [-0.39, 0.29) is 27.6 Å². The van der Waals surface area contributed by atoms with E-state index in [4.69, 9.17) is 4.74 Å². The summed E-state index contributed by atoms with van der Waals surface area (Å²) in [7, 11) is 4.13. The predicted octanol–water partition coefficient (Wildman–Crippen LogP) is 9.90. The third-order valence-corrected chi connectivity index (χ3v) is 15.2. The molecule has 6 heteroatoms. The molecule has 8 atom stereocenters. The molecule has 1 aromatic carbocycles. The smallest absolute Gasteiger partial charge is 0.338 e. The lowest BCUT2D eigenvalue weighted by molar-refractivity contribution is -0.225. The lowest BCUT2D eigenvalue weighted by Crippen LogP contribution is -2.65. The molecule has 284 valence electrons. The van der Waals surface area contributed by atoms with E-state index in [0.717, 1.165) is 58.2 Å². The van der Waals surface area contributed by atoms with Gasteiger partial charge in [-0.25, -0.2) is 4.79 Å². The number of carbonyl (C=O) groups excluding carboxylic acids is 1. The van der Waals surface area contributed by atoms with E-state index in [1.54, 1.807) is 0 Å². The van der Waals surface area contributed by atoms with Crippen molar-refractivity contribution in [2.75, 3.05) is 33.7 Å². The van der Waals surface area contributed by atoms with Crippen molar-refractivity contribution in [1.29, 1.82) is 0 Å². The van der Waals surface area contributed by atoms with Crippen LogP contribution in [0, 0.1) is 50.7 Å². The number of carboxylic acid groups (broad SMARTS) is 1. The molecule has 0 saturated heterocycles. The maximum absolute atomic E-state index is 12.6. The monoisotopic (exact) mass is 703 g/mol. The molecular weight excluding hydrogens is 633 g/mol. The van der Waals surface area contributed by atoms with Crippen molar-refractivity contribution in [2.45, 2.75) is 125 Å². The Balaban J connectivity index is 0.000000496. The van der Waals surface area contributed by atoms with Crippen molar-refractivity contribution >= 4 is 17.5 Å². The van der Waals surface area contributed by atoms with Crippen molar-refractivity contribution in [3.8, 4) is 0 Å². The highest BCUT2D eigenvalue weighted by atomic mass is 16.6. The number of esters is 1. The lowest BCUT2D eigenvalue weighted by atomic mass is 9.32. The number of nitrogens with zero attached hydrogens (tertiary/aromatic N) is 1. The van der Waals surface area contributed by atoms with Gasteiger partial charge in [-0.3, -0.25) is 4.79 Å². The van der Waals surface area contributed by atoms with Crippen LogP contribution in [0.4, 0.5) is 0 Å². The number of fused-ring (bicyclic) bond motifs is 7. The molecule has 0 aliphatic heterocycles. The van der Waals surface area contributed by atoms with Gasteiger partial charge in [-0.2, -0.15) is 0 Å². The molecule has 5 aliphatic carbocycles. The van der Waals surface area contributed by atoms with Crippen molar-refractivity contribution in [2.24, 2.45) is 50.7 Å². The summed E-state index contributed by atoms with van der Waals surface area (Å²) in [6, 6.07) is 8.09. The predicted molar refractivity (Wildman–Crippen MR) is 210 cm³/mol. The second-order valence-electron chi connectivity index (χ2n) is 19.5. The number of allylic oxidation sites excluding steroid dienone is 2. The van der Waals surface area contributed by atoms with Gasteiger partial charge in [0, 0.05) is 19.6 Å². The van der Waals surface area contributed by atoms with Gasteiger partial charge in [-0.05, 0) is 161 Å². The Hall–Kier alpha value is -2.44. The summed E-state index contributed by atoms with van der Waals surface area (Å²) in [6.07, 6.45) is 15.4. The van der Waals surface area contributed by atoms with E-state index in [1.807, 2.05) is 39.0 Å². The van der Waals surface area contributed by atoms with Crippen LogP contribution in [-0.2, 0) is 9.53 Å². The maximum Gasteiger partial charge on any atom is 0.338 e. The van der Waals surface area contributed by atoms with Gasteiger partial charge in [0.1, 0.15) is 5.60 Å². The second kappa shape index (κ2) is 14.4. The van der Waals surface area contributed by atoms with Gasteiger partial charge in [0.25, 0.3) is 0 Å². The third kappa shape index (κ3) is 7.02. The molecule has 0 bridgehead atoms. The normalized spacial score (nSPS) is 36.6.